The highest BCUT2D eigenvalue weighted by Gasteiger charge is 2.53. The lowest BCUT2D eigenvalue weighted by Gasteiger charge is -2.35. The SMILES string of the molecule is CC(C)C1C2OC2N(C)C(CC2CCC(O)CC2)CN1C. The van der Waals surface area contributed by atoms with E-state index in [-0.39, 0.29) is 6.10 Å². The summed E-state index contributed by atoms with van der Waals surface area (Å²) < 4.78 is 6.00. The molecule has 4 nitrogen and oxygen atoms in total. The summed E-state index contributed by atoms with van der Waals surface area (Å²) in [6.07, 6.45) is 6.32. The van der Waals surface area contributed by atoms with Gasteiger partial charge in [-0.3, -0.25) is 9.80 Å². The standard InChI is InChI=1S/C17H32N2O2/c1-11(2)15-16-17(21-16)19(4)13(10-18(15)3)9-12-5-7-14(20)8-6-12/h11-17,20H,5-10H2,1-4H3. The van der Waals surface area contributed by atoms with Gasteiger partial charge in [-0.05, 0) is 58.0 Å². The summed E-state index contributed by atoms with van der Waals surface area (Å²) in [4.78, 5) is 5.01. The van der Waals surface area contributed by atoms with E-state index in [1.807, 2.05) is 0 Å². The molecule has 1 saturated carbocycles. The van der Waals surface area contributed by atoms with Crippen LogP contribution in [-0.2, 0) is 4.74 Å². The number of ether oxygens (including phenoxy) is 1. The molecule has 0 amide bonds. The van der Waals surface area contributed by atoms with Gasteiger partial charge < -0.3 is 9.84 Å². The summed E-state index contributed by atoms with van der Waals surface area (Å²) in [6, 6.07) is 1.14. The fourth-order valence-electron chi connectivity index (χ4n) is 4.63. The number of aliphatic hydroxyl groups excluding tert-OH is 1. The summed E-state index contributed by atoms with van der Waals surface area (Å²) in [5.74, 6) is 1.42. The molecule has 0 radical (unpaired) electrons. The second-order valence-electron chi connectivity index (χ2n) is 7.89. The highest BCUT2D eigenvalue weighted by molar-refractivity contribution is 5.01. The van der Waals surface area contributed by atoms with E-state index in [2.05, 4.69) is 37.7 Å². The molecule has 3 rings (SSSR count). The molecular weight excluding hydrogens is 264 g/mol. The molecule has 2 heterocycles. The van der Waals surface area contributed by atoms with Gasteiger partial charge in [0.25, 0.3) is 0 Å². The predicted octanol–water partition coefficient (Wildman–Crippen LogP) is 1.92. The Labute approximate surface area is 129 Å². The molecule has 2 saturated heterocycles. The van der Waals surface area contributed by atoms with E-state index in [4.69, 9.17) is 4.74 Å². The maximum Gasteiger partial charge on any atom is 0.139 e. The molecule has 122 valence electrons. The minimum Gasteiger partial charge on any atom is -0.393 e. The normalized spacial score (nSPS) is 45.4. The first-order valence-corrected chi connectivity index (χ1v) is 8.73. The molecule has 1 aliphatic carbocycles. The van der Waals surface area contributed by atoms with Crippen molar-refractivity contribution in [3.8, 4) is 0 Å². The van der Waals surface area contributed by atoms with Gasteiger partial charge in [0, 0.05) is 18.6 Å². The van der Waals surface area contributed by atoms with Crippen molar-refractivity contribution in [2.45, 2.75) is 76.5 Å². The Morgan fingerprint density at radius 3 is 2.43 bits per heavy atom. The minimum atomic E-state index is -0.0442. The summed E-state index contributed by atoms with van der Waals surface area (Å²) >= 11 is 0. The molecule has 4 unspecified atom stereocenters. The molecule has 0 spiro atoms. The topological polar surface area (TPSA) is 39.2 Å². The van der Waals surface area contributed by atoms with E-state index in [9.17, 15) is 5.11 Å². The largest absolute Gasteiger partial charge is 0.393 e. The predicted molar refractivity (Wildman–Crippen MR) is 84.0 cm³/mol. The van der Waals surface area contributed by atoms with Gasteiger partial charge in [0.1, 0.15) is 12.3 Å². The van der Waals surface area contributed by atoms with Gasteiger partial charge in [0.15, 0.2) is 0 Å². The lowest BCUT2D eigenvalue weighted by atomic mass is 9.83. The summed E-state index contributed by atoms with van der Waals surface area (Å²) in [5, 5.41) is 9.68. The van der Waals surface area contributed by atoms with Crippen LogP contribution >= 0.6 is 0 Å². The van der Waals surface area contributed by atoms with Crippen molar-refractivity contribution >= 4 is 0 Å². The third-order valence-corrected chi connectivity index (χ3v) is 5.93. The van der Waals surface area contributed by atoms with E-state index >= 15 is 0 Å². The smallest absolute Gasteiger partial charge is 0.139 e. The van der Waals surface area contributed by atoms with Crippen molar-refractivity contribution in [2.24, 2.45) is 11.8 Å². The zero-order valence-corrected chi connectivity index (χ0v) is 14.0. The van der Waals surface area contributed by atoms with Crippen molar-refractivity contribution < 1.29 is 9.84 Å². The maximum absolute atomic E-state index is 9.68. The second kappa shape index (κ2) is 6.15. The van der Waals surface area contributed by atoms with Gasteiger partial charge in [-0.25, -0.2) is 0 Å². The van der Waals surface area contributed by atoms with Crippen molar-refractivity contribution in [2.75, 3.05) is 20.6 Å². The summed E-state index contributed by atoms with van der Waals surface area (Å²) in [5.41, 5.74) is 0. The molecular formula is C17H32N2O2. The number of epoxide rings is 1. The Bertz CT molecular complexity index is 355. The molecule has 4 heteroatoms. The van der Waals surface area contributed by atoms with E-state index in [1.54, 1.807) is 0 Å². The van der Waals surface area contributed by atoms with Crippen LogP contribution in [0.2, 0.25) is 0 Å². The molecule has 0 aromatic heterocycles. The van der Waals surface area contributed by atoms with E-state index in [0.29, 0.717) is 30.3 Å². The number of hydrogen-bond donors (Lipinski definition) is 1. The number of fused-ring (bicyclic) bond motifs is 1. The van der Waals surface area contributed by atoms with Crippen LogP contribution in [0.15, 0.2) is 0 Å². The first kappa shape index (κ1) is 15.7. The Morgan fingerprint density at radius 2 is 1.81 bits per heavy atom. The molecule has 3 aliphatic rings. The quantitative estimate of drug-likeness (QED) is 0.808. The van der Waals surface area contributed by atoms with Crippen molar-refractivity contribution in [1.29, 1.82) is 0 Å². The first-order chi connectivity index (χ1) is 9.97. The average molecular weight is 296 g/mol. The van der Waals surface area contributed by atoms with E-state index < -0.39 is 0 Å². The molecule has 4 atom stereocenters. The number of hydrogen-bond acceptors (Lipinski definition) is 4. The zero-order valence-electron chi connectivity index (χ0n) is 14.0. The van der Waals surface area contributed by atoms with Crippen LogP contribution in [0, 0.1) is 11.8 Å². The van der Waals surface area contributed by atoms with Crippen LogP contribution in [0.5, 0.6) is 0 Å². The summed E-state index contributed by atoms with van der Waals surface area (Å²) in [7, 11) is 4.50. The third-order valence-electron chi connectivity index (χ3n) is 5.93. The molecule has 0 bridgehead atoms. The van der Waals surface area contributed by atoms with Gasteiger partial charge in [0.05, 0.1) is 6.10 Å². The lowest BCUT2D eigenvalue weighted by Crippen LogP contribution is -2.45. The van der Waals surface area contributed by atoms with Crippen LogP contribution in [0.1, 0.15) is 46.0 Å². The molecule has 0 aromatic carbocycles. The van der Waals surface area contributed by atoms with Crippen LogP contribution in [0.25, 0.3) is 0 Å². The Balaban J connectivity index is 1.63. The van der Waals surface area contributed by atoms with Gasteiger partial charge in [-0.1, -0.05) is 13.8 Å². The van der Waals surface area contributed by atoms with Crippen molar-refractivity contribution in [3.05, 3.63) is 0 Å². The van der Waals surface area contributed by atoms with Crippen LogP contribution in [-0.4, -0.2) is 66.1 Å². The van der Waals surface area contributed by atoms with Crippen LogP contribution in [0.3, 0.4) is 0 Å². The number of nitrogens with zero attached hydrogens (tertiary/aromatic N) is 2. The van der Waals surface area contributed by atoms with Gasteiger partial charge >= 0.3 is 0 Å². The van der Waals surface area contributed by atoms with Gasteiger partial charge in [0.2, 0.25) is 0 Å². The Hall–Kier alpha value is -0.160. The minimum absolute atomic E-state index is 0.0442. The summed E-state index contributed by atoms with van der Waals surface area (Å²) in [6.45, 7) is 5.76. The third kappa shape index (κ3) is 3.29. The van der Waals surface area contributed by atoms with E-state index in [0.717, 1.165) is 25.3 Å². The molecule has 3 fully saturated rings. The first-order valence-electron chi connectivity index (χ1n) is 8.73. The zero-order chi connectivity index (χ0) is 15.1. The highest BCUT2D eigenvalue weighted by Crippen LogP contribution is 2.39. The molecule has 2 aliphatic heterocycles. The Kier molecular flexibility index (Phi) is 4.60. The maximum atomic E-state index is 9.68. The average Bonchev–Trinajstić information content (AvgIpc) is 3.19. The fraction of sp³-hybridized carbons (Fsp3) is 1.00. The molecule has 1 N–H and O–H groups in total. The molecule has 21 heavy (non-hydrogen) atoms. The second-order valence-corrected chi connectivity index (χ2v) is 7.89. The number of likely N-dealkylation sites (N-methyl/N-ethyl adjacent to an activating group) is 2. The van der Waals surface area contributed by atoms with Crippen molar-refractivity contribution in [1.82, 2.24) is 9.80 Å². The highest BCUT2D eigenvalue weighted by atomic mass is 16.6. The van der Waals surface area contributed by atoms with Crippen LogP contribution in [0.4, 0.5) is 0 Å². The van der Waals surface area contributed by atoms with Crippen LogP contribution < -0.4 is 0 Å². The monoisotopic (exact) mass is 296 g/mol. The lowest BCUT2D eigenvalue weighted by molar-refractivity contribution is 0.0587. The molecule has 0 aromatic rings. The number of rotatable bonds is 3. The van der Waals surface area contributed by atoms with Crippen molar-refractivity contribution in [3.63, 3.8) is 0 Å². The van der Waals surface area contributed by atoms with Gasteiger partial charge in [-0.2, -0.15) is 0 Å². The Morgan fingerprint density at radius 1 is 1.14 bits per heavy atom. The number of aliphatic hydroxyl groups is 1. The van der Waals surface area contributed by atoms with Gasteiger partial charge in [-0.15, -0.1) is 0 Å². The van der Waals surface area contributed by atoms with E-state index in [1.165, 1.54) is 19.3 Å². The fourth-order valence-corrected chi connectivity index (χ4v) is 4.63.